The van der Waals surface area contributed by atoms with Crippen LogP contribution in [-0.2, 0) is 11.3 Å². The van der Waals surface area contributed by atoms with Gasteiger partial charge in [-0.2, -0.15) is 0 Å². The predicted molar refractivity (Wildman–Crippen MR) is 50.3 cm³/mol. The lowest BCUT2D eigenvalue weighted by atomic mass is 10.2. The average molecular weight is 208 g/mol. The van der Waals surface area contributed by atoms with Crippen molar-refractivity contribution in [1.29, 1.82) is 0 Å². The van der Waals surface area contributed by atoms with E-state index in [0.29, 0.717) is 5.56 Å². The van der Waals surface area contributed by atoms with Gasteiger partial charge in [-0.05, 0) is 17.7 Å². The van der Waals surface area contributed by atoms with Gasteiger partial charge in [-0.1, -0.05) is 12.1 Å². The summed E-state index contributed by atoms with van der Waals surface area (Å²) in [6.45, 7) is 0.135. The van der Waals surface area contributed by atoms with Crippen molar-refractivity contribution in [2.75, 3.05) is 6.54 Å². The van der Waals surface area contributed by atoms with Crippen LogP contribution in [0.15, 0.2) is 24.3 Å². The van der Waals surface area contributed by atoms with Gasteiger partial charge in [0, 0.05) is 0 Å². The molecule has 1 saturated heterocycles. The van der Waals surface area contributed by atoms with Gasteiger partial charge in [0.15, 0.2) is 0 Å². The molecule has 1 aliphatic heterocycles. The fourth-order valence-electron chi connectivity index (χ4n) is 1.43. The molecule has 0 radical (unpaired) electrons. The Hall–Kier alpha value is -1.91. The second kappa shape index (κ2) is 3.68. The third-order valence-corrected chi connectivity index (χ3v) is 2.17. The number of benzene rings is 1. The van der Waals surface area contributed by atoms with Gasteiger partial charge in [0.05, 0.1) is 13.1 Å². The van der Waals surface area contributed by atoms with E-state index >= 15 is 0 Å². The summed E-state index contributed by atoms with van der Waals surface area (Å²) in [5.41, 5.74) is 0.598. The molecule has 1 aliphatic rings. The van der Waals surface area contributed by atoms with Crippen LogP contribution in [0.1, 0.15) is 5.56 Å². The Morgan fingerprint density at radius 3 is 2.80 bits per heavy atom. The largest absolute Gasteiger partial charge is 0.329 e. The number of imide groups is 1. The summed E-state index contributed by atoms with van der Waals surface area (Å²) in [6.07, 6.45) is 0. The van der Waals surface area contributed by atoms with E-state index in [1.807, 2.05) is 0 Å². The molecule has 0 aliphatic carbocycles. The Balaban J connectivity index is 2.15. The van der Waals surface area contributed by atoms with E-state index in [2.05, 4.69) is 5.32 Å². The van der Waals surface area contributed by atoms with E-state index in [4.69, 9.17) is 0 Å². The third-order valence-electron chi connectivity index (χ3n) is 2.17. The number of hydrogen-bond donors (Lipinski definition) is 1. The van der Waals surface area contributed by atoms with Crippen molar-refractivity contribution in [3.8, 4) is 0 Å². The van der Waals surface area contributed by atoms with E-state index in [0.717, 1.165) is 4.90 Å². The van der Waals surface area contributed by atoms with Crippen molar-refractivity contribution >= 4 is 11.9 Å². The summed E-state index contributed by atoms with van der Waals surface area (Å²) in [5.74, 6) is -0.663. The maximum absolute atomic E-state index is 12.8. The van der Waals surface area contributed by atoms with Crippen LogP contribution in [0.3, 0.4) is 0 Å². The van der Waals surface area contributed by atoms with Gasteiger partial charge in [-0.15, -0.1) is 0 Å². The highest BCUT2D eigenvalue weighted by atomic mass is 19.1. The molecule has 2 rings (SSSR count). The highest BCUT2D eigenvalue weighted by molar-refractivity contribution is 6.01. The molecule has 5 heteroatoms. The van der Waals surface area contributed by atoms with Gasteiger partial charge in [0.2, 0.25) is 5.91 Å². The quantitative estimate of drug-likeness (QED) is 0.733. The molecule has 1 fully saturated rings. The summed E-state index contributed by atoms with van der Waals surface area (Å²) in [4.78, 5) is 23.5. The number of nitrogens with one attached hydrogen (secondary N) is 1. The van der Waals surface area contributed by atoms with Crippen LogP contribution < -0.4 is 5.32 Å². The topological polar surface area (TPSA) is 49.4 Å². The molecular formula is C10H9FN2O2. The summed E-state index contributed by atoms with van der Waals surface area (Å²) in [7, 11) is 0. The molecule has 15 heavy (non-hydrogen) atoms. The highest BCUT2D eigenvalue weighted by Gasteiger charge is 2.28. The molecule has 0 unspecified atom stereocenters. The molecule has 0 saturated carbocycles. The molecule has 0 spiro atoms. The molecule has 0 bridgehead atoms. The van der Waals surface area contributed by atoms with E-state index in [1.165, 1.54) is 12.1 Å². The molecule has 3 amide bonds. The Bertz CT molecular complexity index is 404. The second-order valence-electron chi connectivity index (χ2n) is 3.27. The molecule has 0 aromatic heterocycles. The second-order valence-corrected chi connectivity index (χ2v) is 3.27. The number of nitrogens with zero attached hydrogens (tertiary/aromatic N) is 1. The molecule has 1 aromatic rings. The Morgan fingerprint density at radius 2 is 2.20 bits per heavy atom. The van der Waals surface area contributed by atoms with Crippen molar-refractivity contribution in [2.24, 2.45) is 0 Å². The number of amides is 3. The first-order chi connectivity index (χ1) is 7.16. The van der Waals surface area contributed by atoms with Crippen LogP contribution in [0.2, 0.25) is 0 Å². The number of rotatable bonds is 2. The molecule has 0 atom stereocenters. The highest BCUT2D eigenvalue weighted by Crippen LogP contribution is 2.09. The van der Waals surface area contributed by atoms with Crippen molar-refractivity contribution < 1.29 is 14.0 Å². The zero-order valence-electron chi connectivity index (χ0n) is 7.87. The van der Waals surface area contributed by atoms with Gasteiger partial charge in [0.25, 0.3) is 0 Å². The van der Waals surface area contributed by atoms with Gasteiger partial charge in [-0.3, -0.25) is 9.69 Å². The zero-order valence-corrected chi connectivity index (χ0v) is 7.87. The van der Waals surface area contributed by atoms with Crippen molar-refractivity contribution in [3.63, 3.8) is 0 Å². The molecule has 78 valence electrons. The standard InChI is InChI=1S/C10H9FN2O2/c11-8-3-1-2-7(4-8)6-13-9(14)5-12-10(13)15/h1-4H,5-6H2,(H,12,15). The lowest BCUT2D eigenvalue weighted by molar-refractivity contribution is -0.125. The summed E-state index contributed by atoms with van der Waals surface area (Å²) in [6, 6.07) is 5.41. The van der Waals surface area contributed by atoms with Crippen LogP contribution in [-0.4, -0.2) is 23.4 Å². The maximum atomic E-state index is 12.8. The van der Waals surface area contributed by atoms with Crippen molar-refractivity contribution in [3.05, 3.63) is 35.6 Å². The normalized spacial score (nSPS) is 15.7. The predicted octanol–water partition coefficient (Wildman–Crippen LogP) is 0.877. The number of carbonyl (C=O) groups excluding carboxylic acids is 2. The number of hydrogen-bond acceptors (Lipinski definition) is 2. The minimum Gasteiger partial charge on any atom is -0.329 e. The Kier molecular flexibility index (Phi) is 2.37. The van der Waals surface area contributed by atoms with E-state index < -0.39 is 6.03 Å². The summed E-state index contributed by atoms with van der Waals surface area (Å²) in [5, 5.41) is 2.40. The lowest BCUT2D eigenvalue weighted by Gasteiger charge is -2.11. The fourth-order valence-corrected chi connectivity index (χ4v) is 1.43. The van der Waals surface area contributed by atoms with E-state index in [1.54, 1.807) is 12.1 Å². The molecule has 1 heterocycles. The molecule has 4 nitrogen and oxygen atoms in total. The monoisotopic (exact) mass is 208 g/mol. The van der Waals surface area contributed by atoms with Crippen molar-refractivity contribution in [1.82, 2.24) is 10.2 Å². The van der Waals surface area contributed by atoms with E-state index in [9.17, 15) is 14.0 Å². The average Bonchev–Trinajstić information content (AvgIpc) is 2.50. The molecule has 1 N–H and O–H groups in total. The van der Waals surface area contributed by atoms with Crippen LogP contribution in [0, 0.1) is 5.82 Å². The van der Waals surface area contributed by atoms with Crippen LogP contribution in [0.25, 0.3) is 0 Å². The molecule has 1 aromatic carbocycles. The smallest absolute Gasteiger partial charge is 0.324 e. The fraction of sp³-hybridized carbons (Fsp3) is 0.200. The van der Waals surface area contributed by atoms with Crippen LogP contribution in [0.4, 0.5) is 9.18 Å². The number of urea groups is 1. The number of carbonyl (C=O) groups is 2. The van der Waals surface area contributed by atoms with Gasteiger partial charge in [-0.25, -0.2) is 9.18 Å². The first-order valence-corrected chi connectivity index (χ1v) is 4.49. The van der Waals surface area contributed by atoms with Gasteiger partial charge >= 0.3 is 6.03 Å². The minimum atomic E-state index is -0.427. The summed E-state index contributed by atoms with van der Waals surface area (Å²) < 4.78 is 12.8. The Labute approximate surface area is 85.7 Å². The first-order valence-electron chi connectivity index (χ1n) is 4.49. The van der Waals surface area contributed by atoms with Crippen LogP contribution in [0.5, 0.6) is 0 Å². The maximum Gasteiger partial charge on any atom is 0.324 e. The van der Waals surface area contributed by atoms with Crippen molar-refractivity contribution in [2.45, 2.75) is 6.54 Å². The summed E-state index contributed by atoms with van der Waals surface area (Å²) >= 11 is 0. The zero-order chi connectivity index (χ0) is 10.8. The number of halogens is 1. The third kappa shape index (κ3) is 1.96. The SMILES string of the molecule is O=C1CNC(=O)N1Cc1cccc(F)c1. The lowest BCUT2D eigenvalue weighted by Crippen LogP contribution is -2.30. The van der Waals surface area contributed by atoms with Gasteiger partial charge in [0.1, 0.15) is 5.82 Å². The minimum absolute atomic E-state index is 0.0220. The van der Waals surface area contributed by atoms with Crippen LogP contribution >= 0.6 is 0 Å². The first kappa shape index (κ1) is 9.64. The van der Waals surface area contributed by atoms with E-state index in [-0.39, 0.29) is 24.8 Å². The van der Waals surface area contributed by atoms with Gasteiger partial charge < -0.3 is 5.32 Å². The molecular weight excluding hydrogens is 199 g/mol. The Morgan fingerprint density at radius 1 is 1.40 bits per heavy atom.